The Hall–Kier alpha value is -2.45. The zero-order valence-electron chi connectivity index (χ0n) is 21.1. The van der Waals surface area contributed by atoms with Crippen LogP contribution in [0.3, 0.4) is 0 Å². The molecule has 2 aliphatic carbocycles. The molecule has 1 saturated carbocycles. The van der Waals surface area contributed by atoms with E-state index in [0.29, 0.717) is 18.4 Å². The maximum absolute atomic E-state index is 13.8. The number of epoxide rings is 1. The van der Waals surface area contributed by atoms with Crippen molar-refractivity contribution < 1.29 is 38.1 Å². The van der Waals surface area contributed by atoms with Crippen LogP contribution in [0.2, 0.25) is 0 Å². The van der Waals surface area contributed by atoms with Gasteiger partial charge in [-0.1, -0.05) is 33.8 Å². The largest absolute Gasteiger partial charge is 0.472 e. The number of rotatable bonds is 4. The molecule has 190 valence electrons. The lowest BCUT2D eigenvalue weighted by atomic mass is 9.40. The molecule has 8 nitrogen and oxygen atoms in total. The number of hydrogen-bond acceptors (Lipinski definition) is 8. The quantitative estimate of drug-likeness (QED) is 0.509. The highest BCUT2D eigenvalue weighted by Crippen LogP contribution is 2.76. The van der Waals surface area contributed by atoms with Crippen LogP contribution in [0, 0.1) is 33.5 Å². The van der Waals surface area contributed by atoms with Gasteiger partial charge in [-0.05, 0) is 43.2 Å². The van der Waals surface area contributed by atoms with Crippen molar-refractivity contribution >= 4 is 17.7 Å². The second-order valence-electron chi connectivity index (χ2n) is 11.8. The van der Waals surface area contributed by atoms with Gasteiger partial charge < -0.3 is 23.7 Å². The molecular weight excluding hydrogens is 452 g/mol. The molecule has 1 aromatic rings. The lowest BCUT2D eigenvalue weighted by molar-refractivity contribution is -0.212. The van der Waals surface area contributed by atoms with Crippen molar-refractivity contribution in [2.45, 2.75) is 65.3 Å². The van der Waals surface area contributed by atoms with E-state index >= 15 is 0 Å². The summed E-state index contributed by atoms with van der Waals surface area (Å²) in [5.74, 6) is -1.87. The van der Waals surface area contributed by atoms with Gasteiger partial charge >= 0.3 is 11.9 Å². The number of hydrogen-bond donors (Lipinski definition) is 1. The Morgan fingerprint density at radius 2 is 1.89 bits per heavy atom. The Bertz CT molecular complexity index is 1100. The van der Waals surface area contributed by atoms with Gasteiger partial charge in [0.15, 0.2) is 11.9 Å². The molecular formula is C27H34O8. The summed E-state index contributed by atoms with van der Waals surface area (Å²) in [7, 11) is 1.34. The van der Waals surface area contributed by atoms with E-state index in [2.05, 4.69) is 0 Å². The minimum absolute atomic E-state index is 0.0607. The number of aliphatic hydroxyl groups excluding tert-OH is 1. The Morgan fingerprint density at radius 3 is 2.49 bits per heavy atom. The molecule has 0 amide bonds. The SMILES string of the molecule is COC(=O)C1(C)C(C2(C)C=CC(=O)C(C)(C)C2CO)CCC2(C)C(c3ccoc3)OC(=O)C3OC321. The standard InChI is InChI=1S/C27H34O8/c1-23(2)17(13-28)24(3,10-8-18(23)29)16-7-11-25(4)19(15-9-12-33-14-15)34-21(30)20-27(25,35-20)26(16,5)22(31)32-6/h8-10,12,14,16-17,19-20,28H,7,11,13H2,1-6H3. The van der Waals surface area contributed by atoms with E-state index in [1.54, 1.807) is 18.4 Å². The van der Waals surface area contributed by atoms with Crippen LogP contribution in [0.5, 0.6) is 0 Å². The lowest BCUT2D eigenvalue weighted by Crippen LogP contribution is -2.69. The predicted octanol–water partition coefficient (Wildman–Crippen LogP) is 3.39. The molecule has 0 radical (unpaired) electrons. The normalized spacial score (nSPS) is 45.8. The van der Waals surface area contributed by atoms with Crippen LogP contribution < -0.4 is 0 Å². The predicted molar refractivity (Wildman–Crippen MR) is 123 cm³/mol. The first-order valence-electron chi connectivity index (χ1n) is 12.2. The number of esters is 2. The first-order valence-corrected chi connectivity index (χ1v) is 12.2. The Morgan fingerprint density at radius 1 is 1.17 bits per heavy atom. The summed E-state index contributed by atoms with van der Waals surface area (Å²) < 4.78 is 22.9. The van der Waals surface area contributed by atoms with Crippen LogP contribution in [0.25, 0.3) is 0 Å². The summed E-state index contributed by atoms with van der Waals surface area (Å²) in [4.78, 5) is 39.7. The van der Waals surface area contributed by atoms with E-state index in [9.17, 15) is 19.5 Å². The highest BCUT2D eigenvalue weighted by atomic mass is 16.7. The number of allylic oxidation sites excluding steroid dienone is 2. The monoisotopic (exact) mass is 486 g/mol. The lowest BCUT2D eigenvalue weighted by Gasteiger charge is -2.62. The van der Waals surface area contributed by atoms with Crippen LogP contribution >= 0.6 is 0 Å². The second kappa shape index (κ2) is 7.29. The fourth-order valence-electron chi connectivity index (χ4n) is 8.22. The topological polar surface area (TPSA) is 116 Å². The summed E-state index contributed by atoms with van der Waals surface area (Å²) in [6, 6.07) is 1.77. The number of methoxy groups -OCH3 is 1. The molecule has 0 aromatic carbocycles. The van der Waals surface area contributed by atoms with Crippen molar-refractivity contribution in [3.8, 4) is 0 Å². The van der Waals surface area contributed by atoms with Crippen molar-refractivity contribution in [3.63, 3.8) is 0 Å². The average molecular weight is 487 g/mol. The molecule has 1 aromatic heterocycles. The van der Waals surface area contributed by atoms with E-state index in [0.717, 1.165) is 0 Å². The van der Waals surface area contributed by atoms with Crippen molar-refractivity contribution in [1.82, 2.24) is 0 Å². The summed E-state index contributed by atoms with van der Waals surface area (Å²) in [6.07, 6.45) is 6.13. The molecule has 3 fully saturated rings. The third-order valence-electron chi connectivity index (χ3n) is 10.2. The van der Waals surface area contributed by atoms with E-state index in [-0.39, 0.29) is 18.3 Å². The molecule has 2 aliphatic heterocycles. The number of carbonyl (C=O) groups is 3. The minimum Gasteiger partial charge on any atom is -0.472 e. The van der Waals surface area contributed by atoms with Gasteiger partial charge in [-0.2, -0.15) is 0 Å². The maximum Gasteiger partial charge on any atom is 0.339 e. The third-order valence-corrected chi connectivity index (χ3v) is 10.2. The van der Waals surface area contributed by atoms with Crippen LogP contribution in [0.1, 0.15) is 59.1 Å². The minimum atomic E-state index is -1.26. The Labute approximate surface area is 205 Å². The molecule has 5 rings (SSSR count). The Balaban J connectivity index is 1.71. The maximum atomic E-state index is 13.8. The molecule has 3 heterocycles. The molecule has 8 unspecified atom stereocenters. The Kier molecular flexibility index (Phi) is 5.05. The first-order chi connectivity index (χ1) is 16.4. The first kappa shape index (κ1) is 24.3. The van der Waals surface area contributed by atoms with E-state index in [1.807, 2.05) is 40.7 Å². The molecule has 1 N–H and O–H groups in total. The zero-order valence-corrected chi connectivity index (χ0v) is 21.1. The molecule has 35 heavy (non-hydrogen) atoms. The van der Waals surface area contributed by atoms with Crippen LogP contribution in [0.15, 0.2) is 35.2 Å². The van der Waals surface area contributed by atoms with Crippen LogP contribution in [0.4, 0.5) is 0 Å². The van der Waals surface area contributed by atoms with Gasteiger partial charge in [-0.25, -0.2) is 4.79 Å². The molecule has 8 atom stereocenters. The number of furan rings is 1. The van der Waals surface area contributed by atoms with Crippen molar-refractivity contribution in [2.75, 3.05) is 13.7 Å². The van der Waals surface area contributed by atoms with Gasteiger partial charge in [-0.15, -0.1) is 0 Å². The van der Waals surface area contributed by atoms with Gasteiger partial charge in [0.05, 0.1) is 19.6 Å². The van der Waals surface area contributed by atoms with Gasteiger partial charge in [0.1, 0.15) is 17.1 Å². The number of carbonyl (C=O) groups excluding carboxylic acids is 3. The zero-order chi connectivity index (χ0) is 25.6. The summed E-state index contributed by atoms with van der Waals surface area (Å²) in [6.45, 7) is 9.27. The fraction of sp³-hybridized carbons (Fsp3) is 0.667. The van der Waals surface area contributed by atoms with Gasteiger partial charge in [0.2, 0.25) is 0 Å². The summed E-state index contributed by atoms with van der Waals surface area (Å²) in [5.41, 5.74) is -4.02. The smallest absolute Gasteiger partial charge is 0.339 e. The van der Waals surface area contributed by atoms with Crippen LogP contribution in [-0.2, 0) is 28.6 Å². The third kappa shape index (κ3) is 2.67. The van der Waals surface area contributed by atoms with Gasteiger partial charge in [-0.3, -0.25) is 9.59 Å². The molecule has 2 saturated heterocycles. The van der Waals surface area contributed by atoms with E-state index in [1.165, 1.54) is 13.4 Å². The average Bonchev–Trinajstić information content (AvgIpc) is 3.38. The second-order valence-corrected chi connectivity index (χ2v) is 11.8. The molecule has 8 heteroatoms. The molecule has 4 aliphatic rings. The van der Waals surface area contributed by atoms with Crippen LogP contribution in [-0.4, -0.2) is 48.3 Å². The highest BCUT2D eigenvalue weighted by molar-refractivity contribution is 5.96. The van der Waals surface area contributed by atoms with Gasteiger partial charge in [0, 0.05) is 28.9 Å². The fourth-order valence-corrected chi connectivity index (χ4v) is 8.22. The number of cyclic esters (lactones) is 1. The summed E-state index contributed by atoms with van der Waals surface area (Å²) in [5, 5.41) is 10.5. The number of ketones is 1. The molecule has 1 spiro atoms. The van der Waals surface area contributed by atoms with Crippen molar-refractivity contribution in [1.29, 1.82) is 0 Å². The van der Waals surface area contributed by atoms with Crippen molar-refractivity contribution in [2.24, 2.45) is 33.5 Å². The number of aliphatic hydroxyl groups is 1. The highest BCUT2D eigenvalue weighted by Gasteiger charge is 2.88. The van der Waals surface area contributed by atoms with Crippen molar-refractivity contribution in [3.05, 3.63) is 36.3 Å². The van der Waals surface area contributed by atoms with Gasteiger partial charge in [0.25, 0.3) is 0 Å². The molecule has 0 bridgehead atoms. The van der Waals surface area contributed by atoms with E-state index in [4.69, 9.17) is 18.6 Å². The van der Waals surface area contributed by atoms with E-state index < -0.39 is 57.3 Å². The summed E-state index contributed by atoms with van der Waals surface area (Å²) >= 11 is 0. The number of ether oxygens (including phenoxy) is 3.